The molecule has 0 unspecified atom stereocenters. The number of hydrogen-bond acceptors (Lipinski definition) is 3. The lowest BCUT2D eigenvalue weighted by Gasteiger charge is -2.07. The van der Waals surface area contributed by atoms with Gasteiger partial charge in [-0.2, -0.15) is 0 Å². The molecule has 5 heteroatoms. The van der Waals surface area contributed by atoms with Crippen LogP contribution in [0.4, 0.5) is 5.69 Å². The molecule has 3 N–H and O–H groups in total. The summed E-state index contributed by atoms with van der Waals surface area (Å²) in [6, 6.07) is 2.89. The Bertz CT molecular complexity index is 449. The number of aromatic nitrogens is 1. The first-order valence-electron chi connectivity index (χ1n) is 5.38. The van der Waals surface area contributed by atoms with Gasteiger partial charge in [0, 0.05) is 24.5 Å². The summed E-state index contributed by atoms with van der Waals surface area (Å²) in [5.74, 6) is 0.501. The van der Waals surface area contributed by atoms with Crippen molar-refractivity contribution in [1.29, 1.82) is 0 Å². The maximum Gasteiger partial charge on any atom is 0.251 e. The summed E-state index contributed by atoms with van der Waals surface area (Å²) in [7, 11) is 0. The number of rotatable bonds is 4. The maximum absolute atomic E-state index is 11.5. The van der Waals surface area contributed by atoms with E-state index in [4.69, 9.17) is 5.73 Å². The molecule has 1 heterocycles. The molecule has 86 valence electrons. The summed E-state index contributed by atoms with van der Waals surface area (Å²) in [5, 5.41) is 2.80. The Labute approximate surface area is 93.3 Å². The van der Waals surface area contributed by atoms with Gasteiger partial charge in [-0.25, -0.2) is 0 Å². The molecule has 0 aromatic carbocycles. The van der Waals surface area contributed by atoms with Gasteiger partial charge in [-0.3, -0.25) is 9.59 Å². The Morgan fingerprint density at radius 1 is 1.50 bits per heavy atom. The molecule has 1 amide bonds. The molecule has 0 radical (unpaired) electrons. The monoisotopic (exact) mass is 221 g/mol. The van der Waals surface area contributed by atoms with Crippen molar-refractivity contribution in [3.05, 3.63) is 28.7 Å². The van der Waals surface area contributed by atoms with E-state index in [1.807, 2.05) is 0 Å². The fraction of sp³-hybridized carbons (Fsp3) is 0.455. The second-order valence-electron chi connectivity index (χ2n) is 4.18. The minimum absolute atomic E-state index is 0.0383. The summed E-state index contributed by atoms with van der Waals surface area (Å²) in [4.78, 5) is 22.9. The number of hydrogen-bond donors (Lipinski definition) is 2. The molecule has 0 saturated heterocycles. The molecule has 0 atom stereocenters. The lowest BCUT2D eigenvalue weighted by molar-refractivity contribution is -0.121. The van der Waals surface area contributed by atoms with Crippen molar-refractivity contribution >= 4 is 11.6 Å². The van der Waals surface area contributed by atoms with Crippen molar-refractivity contribution in [1.82, 2.24) is 9.88 Å². The second-order valence-corrected chi connectivity index (χ2v) is 4.18. The van der Waals surface area contributed by atoms with Crippen LogP contribution >= 0.6 is 0 Å². The van der Waals surface area contributed by atoms with Crippen molar-refractivity contribution in [3.63, 3.8) is 0 Å². The van der Waals surface area contributed by atoms with Crippen molar-refractivity contribution in [2.45, 2.75) is 19.4 Å². The number of carbonyl (C=O) groups excluding carboxylic acids is 1. The summed E-state index contributed by atoms with van der Waals surface area (Å²) in [6.07, 6.45) is 3.87. The molecular formula is C11H15N3O2. The number of nitrogen functional groups attached to an aromatic ring is 1. The highest BCUT2D eigenvalue weighted by Gasteiger charge is 2.21. The van der Waals surface area contributed by atoms with Crippen LogP contribution in [0.2, 0.25) is 0 Å². The molecule has 1 aromatic rings. The molecule has 2 rings (SSSR count). The van der Waals surface area contributed by atoms with Crippen LogP contribution in [-0.4, -0.2) is 17.0 Å². The normalized spacial score (nSPS) is 14.8. The second kappa shape index (κ2) is 4.38. The van der Waals surface area contributed by atoms with Gasteiger partial charge in [0.15, 0.2) is 0 Å². The van der Waals surface area contributed by atoms with Crippen LogP contribution in [0.15, 0.2) is 23.1 Å². The molecule has 0 aliphatic heterocycles. The van der Waals surface area contributed by atoms with E-state index in [0.29, 0.717) is 11.6 Å². The number of carbonyl (C=O) groups is 1. The summed E-state index contributed by atoms with van der Waals surface area (Å²) in [5.41, 5.74) is 5.81. The minimum atomic E-state index is -0.212. The van der Waals surface area contributed by atoms with Gasteiger partial charge in [0.2, 0.25) is 5.91 Å². The van der Waals surface area contributed by atoms with E-state index < -0.39 is 0 Å². The lowest BCUT2D eigenvalue weighted by Crippen LogP contribution is -2.33. The highest BCUT2D eigenvalue weighted by atomic mass is 16.2. The average Bonchev–Trinajstić information content (AvgIpc) is 3.04. The van der Waals surface area contributed by atoms with E-state index in [1.165, 1.54) is 35.7 Å². The van der Waals surface area contributed by atoms with E-state index in [-0.39, 0.29) is 18.0 Å². The summed E-state index contributed by atoms with van der Waals surface area (Å²) >= 11 is 0. The van der Waals surface area contributed by atoms with E-state index in [2.05, 4.69) is 5.32 Å². The average molecular weight is 221 g/mol. The van der Waals surface area contributed by atoms with Gasteiger partial charge in [0.05, 0.1) is 0 Å². The molecule has 0 bridgehead atoms. The van der Waals surface area contributed by atoms with Crippen LogP contribution in [0.3, 0.4) is 0 Å². The Morgan fingerprint density at radius 3 is 2.94 bits per heavy atom. The summed E-state index contributed by atoms with van der Waals surface area (Å²) in [6.45, 7) is 0.756. The molecular weight excluding hydrogens is 206 g/mol. The highest BCUT2D eigenvalue weighted by molar-refractivity contribution is 5.75. The minimum Gasteiger partial charge on any atom is -0.398 e. The van der Waals surface area contributed by atoms with Gasteiger partial charge in [-0.15, -0.1) is 0 Å². The van der Waals surface area contributed by atoms with Gasteiger partial charge >= 0.3 is 0 Å². The summed E-state index contributed by atoms with van der Waals surface area (Å²) < 4.78 is 1.32. The largest absolute Gasteiger partial charge is 0.398 e. The Kier molecular flexibility index (Phi) is 2.94. The van der Waals surface area contributed by atoms with Gasteiger partial charge < -0.3 is 15.6 Å². The number of nitrogens with one attached hydrogen (secondary N) is 1. The van der Waals surface area contributed by atoms with E-state index in [9.17, 15) is 9.59 Å². The quantitative estimate of drug-likeness (QED) is 0.748. The number of anilines is 1. The van der Waals surface area contributed by atoms with E-state index >= 15 is 0 Å². The third-order valence-electron chi connectivity index (χ3n) is 2.61. The highest BCUT2D eigenvalue weighted by Crippen LogP contribution is 2.27. The first-order valence-corrected chi connectivity index (χ1v) is 5.38. The predicted octanol–water partition coefficient (Wildman–Crippen LogP) is -0.0433. The van der Waals surface area contributed by atoms with Crippen LogP contribution in [0.1, 0.15) is 12.8 Å². The first kappa shape index (κ1) is 10.7. The zero-order valence-electron chi connectivity index (χ0n) is 8.98. The van der Waals surface area contributed by atoms with Crippen LogP contribution in [0.25, 0.3) is 0 Å². The first-order chi connectivity index (χ1) is 7.65. The number of amides is 1. The van der Waals surface area contributed by atoms with E-state index in [0.717, 1.165) is 6.54 Å². The SMILES string of the molecule is Nc1ccc(=O)n(CC(=O)NCC2CC2)c1. The fourth-order valence-corrected chi connectivity index (χ4v) is 1.46. The van der Waals surface area contributed by atoms with Crippen molar-refractivity contribution in [2.24, 2.45) is 5.92 Å². The predicted molar refractivity (Wildman–Crippen MR) is 60.8 cm³/mol. The molecule has 1 aromatic heterocycles. The van der Waals surface area contributed by atoms with Gasteiger partial charge in [-0.1, -0.05) is 0 Å². The van der Waals surface area contributed by atoms with Gasteiger partial charge in [-0.05, 0) is 24.8 Å². The molecule has 16 heavy (non-hydrogen) atoms. The number of pyridine rings is 1. The Hall–Kier alpha value is -1.78. The van der Waals surface area contributed by atoms with Crippen LogP contribution < -0.4 is 16.6 Å². The zero-order valence-corrected chi connectivity index (χ0v) is 8.98. The molecule has 0 spiro atoms. The van der Waals surface area contributed by atoms with Crippen LogP contribution in [0, 0.1) is 5.92 Å². The van der Waals surface area contributed by atoms with Crippen molar-refractivity contribution in [3.8, 4) is 0 Å². The number of nitrogens with two attached hydrogens (primary N) is 1. The number of nitrogens with zero attached hydrogens (tertiary/aromatic N) is 1. The Balaban J connectivity index is 1.93. The topological polar surface area (TPSA) is 77.1 Å². The fourth-order valence-electron chi connectivity index (χ4n) is 1.46. The third kappa shape index (κ3) is 2.85. The standard InChI is InChI=1S/C11H15N3O2/c12-9-3-4-11(16)14(6-9)7-10(15)13-5-8-1-2-8/h3-4,6,8H,1-2,5,7,12H2,(H,13,15). The van der Waals surface area contributed by atoms with Crippen molar-refractivity contribution in [2.75, 3.05) is 12.3 Å². The van der Waals surface area contributed by atoms with Crippen molar-refractivity contribution < 1.29 is 4.79 Å². The van der Waals surface area contributed by atoms with Crippen LogP contribution in [-0.2, 0) is 11.3 Å². The Morgan fingerprint density at radius 2 is 2.25 bits per heavy atom. The van der Waals surface area contributed by atoms with Gasteiger partial charge in [0.1, 0.15) is 6.54 Å². The molecule has 1 aliphatic carbocycles. The van der Waals surface area contributed by atoms with Gasteiger partial charge in [0.25, 0.3) is 5.56 Å². The molecule has 1 aliphatic rings. The molecule has 1 saturated carbocycles. The third-order valence-corrected chi connectivity index (χ3v) is 2.61. The lowest BCUT2D eigenvalue weighted by atomic mass is 10.4. The smallest absolute Gasteiger partial charge is 0.251 e. The van der Waals surface area contributed by atoms with E-state index in [1.54, 1.807) is 0 Å². The maximum atomic E-state index is 11.5. The molecule has 1 fully saturated rings. The molecule has 5 nitrogen and oxygen atoms in total. The van der Waals surface area contributed by atoms with Crippen LogP contribution in [0.5, 0.6) is 0 Å². The zero-order chi connectivity index (χ0) is 11.5.